The lowest BCUT2D eigenvalue weighted by atomic mass is 10.3. The minimum absolute atomic E-state index is 0.686. The molecule has 0 saturated heterocycles. The Balaban J connectivity index is 1.83. The molecule has 0 spiro atoms. The molecule has 27 heavy (non-hydrogen) atoms. The average Bonchev–Trinajstić information content (AvgIpc) is 3.06. The molecule has 3 rings (SSSR count). The first-order chi connectivity index (χ1) is 13.1. The van der Waals surface area contributed by atoms with E-state index in [1.807, 2.05) is 54.9 Å². The van der Waals surface area contributed by atoms with Crippen molar-refractivity contribution in [3.05, 3.63) is 53.7 Å². The van der Waals surface area contributed by atoms with Crippen molar-refractivity contribution in [2.45, 2.75) is 18.2 Å². The van der Waals surface area contributed by atoms with Crippen LogP contribution in [0.3, 0.4) is 0 Å². The van der Waals surface area contributed by atoms with Crippen LogP contribution in [0, 0.1) is 6.92 Å². The fourth-order valence-corrected chi connectivity index (χ4v) is 4.02. The second-order valence-corrected chi connectivity index (χ2v) is 8.32. The summed E-state index contributed by atoms with van der Waals surface area (Å²) in [6.07, 6.45) is 2.92. The number of benzene rings is 1. The Bertz CT molecular complexity index is 852. The number of thiazole rings is 1. The van der Waals surface area contributed by atoms with E-state index in [0.29, 0.717) is 5.82 Å². The highest BCUT2D eigenvalue weighted by Crippen LogP contribution is 2.39. The van der Waals surface area contributed by atoms with Gasteiger partial charge in [0.2, 0.25) is 0 Å². The minimum Gasteiger partial charge on any atom is -0.452 e. The minimum atomic E-state index is 0.686. The largest absolute Gasteiger partial charge is 0.452 e. The van der Waals surface area contributed by atoms with Crippen molar-refractivity contribution in [1.29, 1.82) is 0 Å². The van der Waals surface area contributed by atoms with Gasteiger partial charge in [0.25, 0.3) is 0 Å². The second-order valence-electron chi connectivity index (χ2n) is 6.33. The van der Waals surface area contributed by atoms with E-state index in [-0.39, 0.29) is 0 Å². The van der Waals surface area contributed by atoms with Crippen LogP contribution < -0.4 is 10.1 Å². The van der Waals surface area contributed by atoms with Crippen LogP contribution in [0.5, 0.6) is 11.5 Å². The summed E-state index contributed by atoms with van der Waals surface area (Å²) in [5, 5.41) is 6.14. The number of hydrogen-bond donors (Lipinski definition) is 1. The van der Waals surface area contributed by atoms with Crippen molar-refractivity contribution in [3.8, 4) is 11.5 Å². The SMILES string of the molecule is Cc1csc(Nc2nccc(SCCCN(C)C)c2Oc2ccccc2)n1. The average molecular weight is 401 g/mol. The highest BCUT2D eigenvalue weighted by atomic mass is 32.2. The normalized spacial score (nSPS) is 11.0. The molecule has 1 N–H and O–H groups in total. The lowest BCUT2D eigenvalue weighted by Gasteiger charge is -2.15. The quantitative estimate of drug-likeness (QED) is 0.382. The maximum atomic E-state index is 6.22. The maximum absolute atomic E-state index is 6.22. The Hall–Kier alpha value is -2.09. The summed E-state index contributed by atoms with van der Waals surface area (Å²) >= 11 is 3.35. The van der Waals surface area contributed by atoms with Gasteiger partial charge in [-0.3, -0.25) is 0 Å². The molecular formula is C20H24N4OS2. The highest BCUT2D eigenvalue weighted by Gasteiger charge is 2.15. The van der Waals surface area contributed by atoms with E-state index in [9.17, 15) is 0 Å². The first kappa shape index (κ1) is 19.7. The molecule has 3 aromatic rings. The fraction of sp³-hybridized carbons (Fsp3) is 0.300. The predicted octanol–water partition coefficient (Wildman–Crippen LogP) is 5.43. The summed E-state index contributed by atoms with van der Waals surface area (Å²) in [5.41, 5.74) is 0.988. The Morgan fingerprint density at radius 1 is 1.19 bits per heavy atom. The van der Waals surface area contributed by atoms with E-state index in [0.717, 1.165) is 45.9 Å². The third-order valence-corrected chi connectivity index (χ3v) is 5.68. The zero-order valence-corrected chi connectivity index (χ0v) is 17.4. The van der Waals surface area contributed by atoms with Gasteiger partial charge in [0.1, 0.15) is 5.75 Å². The molecule has 0 bridgehead atoms. The smallest absolute Gasteiger partial charge is 0.188 e. The molecule has 0 aliphatic heterocycles. The number of ether oxygens (including phenoxy) is 1. The maximum Gasteiger partial charge on any atom is 0.188 e. The number of rotatable bonds is 9. The summed E-state index contributed by atoms with van der Waals surface area (Å²) < 4.78 is 6.22. The van der Waals surface area contributed by atoms with Gasteiger partial charge in [0.15, 0.2) is 16.7 Å². The third-order valence-electron chi connectivity index (χ3n) is 3.68. The molecule has 2 heterocycles. The van der Waals surface area contributed by atoms with Gasteiger partial charge in [-0.2, -0.15) is 0 Å². The molecule has 0 fully saturated rings. The van der Waals surface area contributed by atoms with Crippen molar-refractivity contribution in [1.82, 2.24) is 14.9 Å². The van der Waals surface area contributed by atoms with Crippen LogP contribution >= 0.6 is 23.1 Å². The topological polar surface area (TPSA) is 50.3 Å². The van der Waals surface area contributed by atoms with Crippen LogP contribution in [0.1, 0.15) is 12.1 Å². The zero-order valence-electron chi connectivity index (χ0n) is 15.8. The van der Waals surface area contributed by atoms with E-state index in [1.165, 1.54) is 0 Å². The van der Waals surface area contributed by atoms with Crippen molar-refractivity contribution >= 4 is 34.0 Å². The molecule has 0 amide bonds. The molecule has 0 radical (unpaired) electrons. The van der Waals surface area contributed by atoms with Crippen LogP contribution in [-0.2, 0) is 0 Å². The molecule has 0 unspecified atom stereocenters. The molecule has 0 aliphatic carbocycles. The molecule has 7 heteroatoms. The van der Waals surface area contributed by atoms with Gasteiger partial charge in [0.05, 0.1) is 10.6 Å². The first-order valence-electron chi connectivity index (χ1n) is 8.80. The molecule has 1 aromatic carbocycles. The zero-order chi connectivity index (χ0) is 19.1. The number of nitrogens with zero attached hydrogens (tertiary/aromatic N) is 3. The molecule has 0 atom stereocenters. The summed E-state index contributed by atoms with van der Waals surface area (Å²) in [6, 6.07) is 11.8. The van der Waals surface area contributed by atoms with Gasteiger partial charge in [-0.05, 0) is 57.9 Å². The molecule has 2 aromatic heterocycles. The van der Waals surface area contributed by atoms with Crippen LogP contribution in [0.25, 0.3) is 0 Å². The van der Waals surface area contributed by atoms with E-state index < -0.39 is 0 Å². The number of aromatic nitrogens is 2. The lowest BCUT2D eigenvalue weighted by molar-refractivity contribution is 0.410. The Morgan fingerprint density at radius 3 is 2.70 bits per heavy atom. The fourth-order valence-electron chi connectivity index (χ4n) is 2.41. The number of hydrogen-bond acceptors (Lipinski definition) is 7. The number of thioether (sulfide) groups is 1. The highest BCUT2D eigenvalue weighted by molar-refractivity contribution is 7.99. The van der Waals surface area contributed by atoms with Gasteiger partial charge >= 0.3 is 0 Å². The summed E-state index contributed by atoms with van der Waals surface area (Å²) in [4.78, 5) is 12.3. The van der Waals surface area contributed by atoms with Gasteiger partial charge in [-0.1, -0.05) is 18.2 Å². The van der Waals surface area contributed by atoms with Gasteiger partial charge < -0.3 is 15.0 Å². The van der Waals surface area contributed by atoms with Gasteiger partial charge in [-0.15, -0.1) is 23.1 Å². The predicted molar refractivity (Wildman–Crippen MR) is 115 cm³/mol. The van der Waals surface area contributed by atoms with Crippen molar-refractivity contribution in [2.24, 2.45) is 0 Å². The third kappa shape index (κ3) is 5.95. The Kier molecular flexibility index (Phi) is 7.09. The van der Waals surface area contributed by atoms with Gasteiger partial charge in [0, 0.05) is 11.6 Å². The summed E-state index contributed by atoms with van der Waals surface area (Å²) in [6.45, 7) is 3.05. The van der Waals surface area contributed by atoms with E-state index in [4.69, 9.17) is 4.74 Å². The number of anilines is 2. The molecule has 5 nitrogen and oxygen atoms in total. The Labute approximate surface area is 168 Å². The standard InChI is InChI=1S/C20H24N4OS2/c1-15-14-27-20(22-15)23-19-18(25-16-8-5-4-6-9-16)17(10-11-21-19)26-13-7-12-24(2)3/h4-6,8-11,14H,7,12-13H2,1-3H3,(H,21,22,23). The molecule has 0 saturated carbocycles. The van der Waals surface area contributed by atoms with E-state index in [1.54, 1.807) is 23.1 Å². The van der Waals surface area contributed by atoms with Crippen molar-refractivity contribution < 1.29 is 4.74 Å². The molecular weight excluding hydrogens is 376 g/mol. The monoisotopic (exact) mass is 400 g/mol. The van der Waals surface area contributed by atoms with Gasteiger partial charge in [-0.25, -0.2) is 9.97 Å². The van der Waals surface area contributed by atoms with Crippen LogP contribution in [0.2, 0.25) is 0 Å². The van der Waals surface area contributed by atoms with Crippen LogP contribution in [-0.4, -0.2) is 41.3 Å². The number of pyridine rings is 1. The van der Waals surface area contributed by atoms with E-state index in [2.05, 4.69) is 34.3 Å². The van der Waals surface area contributed by atoms with E-state index >= 15 is 0 Å². The summed E-state index contributed by atoms with van der Waals surface area (Å²) in [7, 11) is 4.19. The Morgan fingerprint density at radius 2 is 2.00 bits per heavy atom. The second kappa shape index (κ2) is 9.73. The number of para-hydroxylation sites is 1. The lowest BCUT2D eigenvalue weighted by Crippen LogP contribution is -2.13. The van der Waals surface area contributed by atoms with Crippen molar-refractivity contribution in [2.75, 3.05) is 31.7 Å². The molecule has 142 valence electrons. The molecule has 0 aliphatic rings. The first-order valence-corrected chi connectivity index (χ1v) is 10.7. The number of nitrogens with one attached hydrogen (secondary N) is 1. The summed E-state index contributed by atoms with van der Waals surface area (Å²) in [5.74, 6) is 3.24. The number of aryl methyl sites for hydroxylation is 1. The van der Waals surface area contributed by atoms with Crippen LogP contribution in [0.15, 0.2) is 52.9 Å². The van der Waals surface area contributed by atoms with Crippen LogP contribution in [0.4, 0.5) is 10.9 Å². The van der Waals surface area contributed by atoms with Crippen molar-refractivity contribution in [3.63, 3.8) is 0 Å².